The molecule has 0 aliphatic carbocycles. The van der Waals surface area contributed by atoms with Gasteiger partial charge in [-0.15, -0.1) is 0 Å². The van der Waals surface area contributed by atoms with Gasteiger partial charge in [-0.05, 0) is 18.6 Å². The maximum Gasteiger partial charge on any atom is 0.433 e. The summed E-state index contributed by atoms with van der Waals surface area (Å²) in [5, 5.41) is 8.97. The lowest BCUT2D eigenvalue weighted by molar-refractivity contribution is -0.141. The molecule has 1 fully saturated rings. The van der Waals surface area contributed by atoms with Crippen molar-refractivity contribution < 1.29 is 17.9 Å². The molecule has 1 aliphatic heterocycles. The molecule has 0 spiro atoms. The summed E-state index contributed by atoms with van der Waals surface area (Å²) in [5.74, 6) is 0.0489. The number of ether oxygens (including phenoxy) is 1. The summed E-state index contributed by atoms with van der Waals surface area (Å²) in [5.41, 5.74) is -0.866. The molecule has 102 valence electrons. The third-order valence-electron chi connectivity index (χ3n) is 3.07. The third kappa shape index (κ3) is 2.79. The predicted molar refractivity (Wildman–Crippen MR) is 61.6 cm³/mol. The van der Waals surface area contributed by atoms with Crippen LogP contribution in [0.2, 0.25) is 0 Å². The Morgan fingerprint density at radius 3 is 2.74 bits per heavy atom. The highest BCUT2D eigenvalue weighted by atomic mass is 19.4. The molecule has 1 atom stereocenters. The predicted octanol–water partition coefficient (Wildman–Crippen LogP) is 2.20. The average molecular weight is 271 g/mol. The van der Waals surface area contributed by atoms with Crippen molar-refractivity contribution in [2.75, 3.05) is 25.2 Å². The van der Waals surface area contributed by atoms with E-state index < -0.39 is 11.9 Å². The number of pyridine rings is 1. The number of rotatable bonds is 2. The second-order valence-corrected chi connectivity index (χ2v) is 4.31. The molecule has 19 heavy (non-hydrogen) atoms. The van der Waals surface area contributed by atoms with Crippen LogP contribution in [-0.4, -0.2) is 31.3 Å². The van der Waals surface area contributed by atoms with Crippen molar-refractivity contribution >= 4 is 5.82 Å². The Balaban J connectivity index is 2.39. The molecule has 1 aromatic heterocycles. The molecular weight excluding hydrogens is 259 g/mol. The van der Waals surface area contributed by atoms with Crippen LogP contribution in [0.4, 0.5) is 19.0 Å². The zero-order valence-electron chi connectivity index (χ0n) is 10.2. The van der Waals surface area contributed by atoms with Crippen LogP contribution in [0.25, 0.3) is 0 Å². The van der Waals surface area contributed by atoms with Gasteiger partial charge in [0.25, 0.3) is 0 Å². The summed E-state index contributed by atoms with van der Waals surface area (Å²) in [4.78, 5) is 5.17. The first-order valence-electron chi connectivity index (χ1n) is 5.72. The molecule has 2 heterocycles. The molecule has 0 aromatic carbocycles. The molecule has 7 heteroatoms. The molecule has 1 aliphatic rings. The zero-order valence-corrected chi connectivity index (χ0v) is 10.2. The fraction of sp³-hybridized carbons (Fsp3) is 0.500. The van der Waals surface area contributed by atoms with Gasteiger partial charge in [0.1, 0.15) is 17.6 Å². The van der Waals surface area contributed by atoms with Gasteiger partial charge in [-0.25, -0.2) is 4.98 Å². The van der Waals surface area contributed by atoms with Crippen molar-refractivity contribution in [3.05, 3.63) is 23.4 Å². The Bertz CT molecular complexity index is 504. The van der Waals surface area contributed by atoms with E-state index in [-0.39, 0.29) is 17.4 Å². The number of nitriles is 1. The van der Waals surface area contributed by atoms with E-state index in [2.05, 4.69) is 4.98 Å². The minimum atomic E-state index is -4.52. The van der Waals surface area contributed by atoms with Crippen molar-refractivity contribution in [1.29, 1.82) is 5.26 Å². The van der Waals surface area contributed by atoms with Gasteiger partial charge in [0.15, 0.2) is 0 Å². The van der Waals surface area contributed by atoms with Gasteiger partial charge in [-0.2, -0.15) is 18.4 Å². The summed E-state index contributed by atoms with van der Waals surface area (Å²) in [7, 11) is 1.63. The molecule has 0 saturated carbocycles. The third-order valence-corrected chi connectivity index (χ3v) is 3.07. The lowest BCUT2D eigenvalue weighted by Crippen LogP contribution is -2.33. The van der Waals surface area contributed by atoms with Crippen molar-refractivity contribution in [3.8, 4) is 6.07 Å². The monoisotopic (exact) mass is 271 g/mol. The Kier molecular flexibility index (Phi) is 3.62. The number of nitrogens with zero attached hydrogens (tertiary/aromatic N) is 3. The Labute approximate surface area is 108 Å². The summed E-state index contributed by atoms with van der Waals surface area (Å²) in [6, 6.07) is 3.78. The second-order valence-electron chi connectivity index (χ2n) is 4.31. The molecule has 0 amide bonds. The van der Waals surface area contributed by atoms with E-state index in [1.807, 2.05) is 6.07 Å². The normalized spacial score (nSPS) is 19.2. The standard InChI is InChI=1S/C12H12F3N3O/c1-18(9-4-5-19-7-9)11-8(6-16)2-3-10(17-11)12(13,14)15/h2-3,9H,4-5,7H2,1H3. The van der Waals surface area contributed by atoms with Gasteiger partial charge in [-0.3, -0.25) is 0 Å². The van der Waals surface area contributed by atoms with Crippen LogP contribution in [0.5, 0.6) is 0 Å². The zero-order chi connectivity index (χ0) is 14.0. The number of hydrogen-bond donors (Lipinski definition) is 0. The van der Waals surface area contributed by atoms with Crippen LogP contribution in [0, 0.1) is 11.3 Å². The Morgan fingerprint density at radius 1 is 1.47 bits per heavy atom. The van der Waals surface area contributed by atoms with E-state index in [1.54, 1.807) is 11.9 Å². The molecule has 0 radical (unpaired) electrons. The van der Waals surface area contributed by atoms with Crippen LogP contribution < -0.4 is 4.90 Å². The summed E-state index contributed by atoms with van der Waals surface area (Å²) in [6.07, 6.45) is -3.81. The molecular formula is C12H12F3N3O. The van der Waals surface area contributed by atoms with Crippen LogP contribution in [0.15, 0.2) is 12.1 Å². The molecule has 1 unspecified atom stereocenters. The fourth-order valence-electron chi connectivity index (χ4n) is 1.96. The Morgan fingerprint density at radius 2 is 2.21 bits per heavy atom. The number of anilines is 1. The maximum absolute atomic E-state index is 12.7. The highest BCUT2D eigenvalue weighted by Gasteiger charge is 2.34. The fourth-order valence-corrected chi connectivity index (χ4v) is 1.96. The molecule has 1 aromatic rings. The van der Waals surface area contributed by atoms with Crippen molar-refractivity contribution in [3.63, 3.8) is 0 Å². The first kappa shape index (κ1) is 13.6. The quantitative estimate of drug-likeness (QED) is 0.827. The van der Waals surface area contributed by atoms with Crippen molar-refractivity contribution in [1.82, 2.24) is 4.98 Å². The number of alkyl halides is 3. The van der Waals surface area contributed by atoms with Crippen LogP contribution >= 0.6 is 0 Å². The minimum absolute atomic E-state index is 0.0489. The van der Waals surface area contributed by atoms with E-state index in [0.717, 1.165) is 12.1 Å². The van der Waals surface area contributed by atoms with E-state index in [0.29, 0.717) is 19.6 Å². The maximum atomic E-state index is 12.7. The molecule has 0 N–H and O–H groups in total. The van der Waals surface area contributed by atoms with Crippen LogP contribution in [-0.2, 0) is 10.9 Å². The minimum Gasteiger partial charge on any atom is -0.379 e. The topological polar surface area (TPSA) is 49.2 Å². The largest absolute Gasteiger partial charge is 0.433 e. The van der Waals surface area contributed by atoms with Gasteiger partial charge < -0.3 is 9.64 Å². The average Bonchev–Trinajstić information content (AvgIpc) is 2.90. The number of likely N-dealkylation sites (N-methyl/N-ethyl adjacent to an activating group) is 1. The SMILES string of the molecule is CN(c1nc(C(F)(F)F)ccc1C#N)C1CCOC1. The molecule has 4 nitrogen and oxygen atoms in total. The van der Waals surface area contributed by atoms with Crippen molar-refractivity contribution in [2.45, 2.75) is 18.6 Å². The number of hydrogen-bond acceptors (Lipinski definition) is 4. The first-order chi connectivity index (χ1) is 8.93. The van der Waals surface area contributed by atoms with Gasteiger partial charge in [0.05, 0.1) is 18.2 Å². The van der Waals surface area contributed by atoms with Gasteiger partial charge >= 0.3 is 6.18 Å². The van der Waals surface area contributed by atoms with E-state index in [1.165, 1.54) is 0 Å². The van der Waals surface area contributed by atoms with E-state index >= 15 is 0 Å². The van der Waals surface area contributed by atoms with Gasteiger partial charge in [0.2, 0.25) is 0 Å². The number of halogens is 3. The van der Waals surface area contributed by atoms with Crippen LogP contribution in [0.1, 0.15) is 17.7 Å². The second kappa shape index (κ2) is 5.05. The summed E-state index contributed by atoms with van der Waals surface area (Å²) in [6.45, 7) is 0.995. The lowest BCUT2D eigenvalue weighted by Gasteiger charge is -2.25. The van der Waals surface area contributed by atoms with Gasteiger partial charge in [0, 0.05) is 13.7 Å². The molecule has 2 rings (SSSR count). The molecule has 1 saturated heterocycles. The lowest BCUT2D eigenvalue weighted by atomic mass is 10.2. The Hall–Kier alpha value is -1.81. The number of aromatic nitrogens is 1. The highest BCUT2D eigenvalue weighted by Crippen LogP contribution is 2.31. The van der Waals surface area contributed by atoms with Crippen LogP contribution in [0.3, 0.4) is 0 Å². The summed E-state index contributed by atoms with van der Waals surface area (Å²) >= 11 is 0. The smallest absolute Gasteiger partial charge is 0.379 e. The van der Waals surface area contributed by atoms with Gasteiger partial charge in [-0.1, -0.05) is 0 Å². The first-order valence-corrected chi connectivity index (χ1v) is 5.72. The molecule has 0 bridgehead atoms. The van der Waals surface area contributed by atoms with E-state index in [4.69, 9.17) is 10.00 Å². The highest BCUT2D eigenvalue weighted by molar-refractivity contribution is 5.54. The van der Waals surface area contributed by atoms with Crippen molar-refractivity contribution in [2.24, 2.45) is 0 Å². The van der Waals surface area contributed by atoms with E-state index in [9.17, 15) is 13.2 Å². The summed E-state index contributed by atoms with van der Waals surface area (Å²) < 4.78 is 43.2.